The van der Waals surface area contributed by atoms with Crippen LogP contribution in [0.15, 0.2) is 42.5 Å². The summed E-state index contributed by atoms with van der Waals surface area (Å²) < 4.78 is 10.7. The van der Waals surface area contributed by atoms with Crippen molar-refractivity contribution in [3.8, 4) is 11.5 Å². The largest absolute Gasteiger partial charge is 0.497 e. The zero-order valence-corrected chi connectivity index (χ0v) is 16.1. The Kier molecular flexibility index (Phi) is 5.35. The van der Waals surface area contributed by atoms with E-state index < -0.39 is 6.04 Å². The van der Waals surface area contributed by atoms with E-state index in [1.807, 2.05) is 19.1 Å². The molecule has 3 rings (SSSR count). The first-order chi connectivity index (χ1) is 13.0. The van der Waals surface area contributed by atoms with Gasteiger partial charge in [0.1, 0.15) is 17.5 Å². The summed E-state index contributed by atoms with van der Waals surface area (Å²) in [5, 5.41) is 0. The lowest BCUT2D eigenvalue weighted by atomic mass is 10.1. The number of hydrogen-bond acceptors (Lipinski definition) is 4. The van der Waals surface area contributed by atoms with Gasteiger partial charge in [0.15, 0.2) is 0 Å². The van der Waals surface area contributed by atoms with Gasteiger partial charge in [0, 0.05) is 24.7 Å². The van der Waals surface area contributed by atoms with Gasteiger partial charge in [-0.15, -0.1) is 0 Å². The van der Waals surface area contributed by atoms with Crippen LogP contribution in [-0.2, 0) is 4.79 Å². The van der Waals surface area contributed by atoms with Gasteiger partial charge < -0.3 is 19.3 Å². The van der Waals surface area contributed by atoms with Crippen LogP contribution in [0.2, 0.25) is 0 Å². The molecule has 6 heteroatoms. The number of ether oxygens (including phenoxy) is 2. The van der Waals surface area contributed by atoms with Gasteiger partial charge in [-0.3, -0.25) is 9.59 Å². The van der Waals surface area contributed by atoms with Crippen molar-refractivity contribution in [2.24, 2.45) is 0 Å². The third-order valence-corrected chi connectivity index (χ3v) is 4.89. The smallest absolute Gasteiger partial charge is 0.254 e. The zero-order chi connectivity index (χ0) is 19.6. The molecule has 0 aromatic heterocycles. The summed E-state index contributed by atoms with van der Waals surface area (Å²) in [4.78, 5) is 29.2. The molecule has 1 saturated heterocycles. The minimum absolute atomic E-state index is 0.131. The zero-order valence-electron chi connectivity index (χ0n) is 16.1. The van der Waals surface area contributed by atoms with Crippen molar-refractivity contribution in [1.82, 2.24) is 4.90 Å². The van der Waals surface area contributed by atoms with E-state index in [4.69, 9.17) is 9.47 Å². The number of carbonyl (C=O) groups excluding carboxylic acids is 2. The van der Waals surface area contributed by atoms with Crippen molar-refractivity contribution in [3.05, 3.63) is 53.6 Å². The number of nitrogens with zero attached hydrogens (tertiary/aromatic N) is 2. The molecule has 0 spiro atoms. The Hall–Kier alpha value is -3.02. The molecule has 0 unspecified atom stereocenters. The number of anilines is 1. The molecule has 2 aromatic rings. The molecule has 0 saturated carbocycles. The second-order valence-electron chi connectivity index (χ2n) is 6.57. The van der Waals surface area contributed by atoms with Crippen molar-refractivity contribution in [1.29, 1.82) is 0 Å². The Morgan fingerprint density at radius 3 is 2.37 bits per heavy atom. The van der Waals surface area contributed by atoms with Gasteiger partial charge in [-0.05, 0) is 38.1 Å². The highest BCUT2D eigenvalue weighted by Crippen LogP contribution is 2.34. The first-order valence-electron chi connectivity index (χ1n) is 8.87. The lowest BCUT2D eigenvalue weighted by Crippen LogP contribution is -2.57. The SMILES string of the molecule is COc1ccc(OC)c(N2CCN(C(=O)c3ccc(C)cc3)[C@H](C)C2=O)c1. The minimum Gasteiger partial charge on any atom is -0.497 e. The van der Waals surface area contributed by atoms with E-state index >= 15 is 0 Å². The number of carbonyl (C=O) groups is 2. The summed E-state index contributed by atoms with van der Waals surface area (Å²) in [6.45, 7) is 4.57. The summed E-state index contributed by atoms with van der Waals surface area (Å²) in [6, 6.07) is 12.2. The standard InChI is InChI=1S/C21H24N2O4/c1-14-5-7-16(8-6-14)21(25)22-11-12-23(20(24)15(22)2)18-13-17(26-3)9-10-19(18)27-4/h5-10,13,15H,11-12H2,1-4H3/t15-/m1/s1. The number of methoxy groups -OCH3 is 2. The molecule has 1 heterocycles. The van der Waals surface area contributed by atoms with E-state index in [2.05, 4.69) is 0 Å². The summed E-state index contributed by atoms with van der Waals surface area (Å²) >= 11 is 0. The first-order valence-corrected chi connectivity index (χ1v) is 8.87. The van der Waals surface area contributed by atoms with E-state index in [1.54, 1.807) is 61.3 Å². The van der Waals surface area contributed by atoms with Gasteiger partial charge in [0.25, 0.3) is 5.91 Å². The number of amides is 2. The van der Waals surface area contributed by atoms with E-state index in [0.717, 1.165) is 5.56 Å². The van der Waals surface area contributed by atoms with Gasteiger partial charge in [-0.2, -0.15) is 0 Å². The Balaban J connectivity index is 1.84. The number of aryl methyl sites for hydroxylation is 1. The maximum absolute atomic E-state index is 13.0. The van der Waals surface area contributed by atoms with E-state index in [1.165, 1.54) is 0 Å². The van der Waals surface area contributed by atoms with Crippen molar-refractivity contribution in [2.75, 3.05) is 32.2 Å². The topological polar surface area (TPSA) is 59.1 Å². The number of hydrogen-bond donors (Lipinski definition) is 0. The van der Waals surface area contributed by atoms with E-state index in [-0.39, 0.29) is 11.8 Å². The molecule has 1 fully saturated rings. The van der Waals surface area contributed by atoms with Gasteiger partial charge in [0.2, 0.25) is 5.91 Å². The third-order valence-electron chi connectivity index (χ3n) is 4.89. The molecule has 6 nitrogen and oxygen atoms in total. The molecule has 27 heavy (non-hydrogen) atoms. The molecule has 2 amide bonds. The van der Waals surface area contributed by atoms with Crippen molar-refractivity contribution in [2.45, 2.75) is 19.9 Å². The fraction of sp³-hybridized carbons (Fsp3) is 0.333. The van der Waals surface area contributed by atoms with Crippen molar-refractivity contribution >= 4 is 17.5 Å². The second-order valence-corrected chi connectivity index (χ2v) is 6.57. The molecule has 1 atom stereocenters. The Bertz CT molecular complexity index is 848. The summed E-state index contributed by atoms with van der Waals surface area (Å²) in [5.41, 5.74) is 2.33. The second kappa shape index (κ2) is 7.70. The van der Waals surface area contributed by atoms with Crippen LogP contribution in [0.4, 0.5) is 5.69 Å². The summed E-state index contributed by atoms with van der Waals surface area (Å²) in [6.07, 6.45) is 0. The average Bonchev–Trinajstić information content (AvgIpc) is 2.69. The van der Waals surface area contributed by atoms with Crippen LogP contribution >= 0.6 is 0 Å². The van der Waals surface area contributed by atoms with Gasteiger partial charge in [-0.1, -0.05) is 17.7 Å². The predicted molar refractivity (Wildman–Crippen MR) is 104 cm³/mol. The number of benzene rings is 2. The Morgan fingerprint density at radius 1 is 1.04 bits per heavy atom. The van der Waals surface area contributed by atoms with E-state index in [9.17, 15) is 9.59 Å². The highest BCUT2D eigenvalue weighted by atomic mass is 16.5. The molecular formula is C21H24N2O4. The molecule has 0 N–H and O–H groups in total. The predicted octanol–water partition coefficient (Wildman–Crippen LogP) is 2.89. The molecular weight excluding hydrogens is 344 g/mol. The normalized spacial score (nSPS) is 17.0. The van der Waals surface area contributed by atoms with Crippen LogP contribution in [0.25, 0.3) is 0 Å². The minimum atomic E-state index is -0.566. The highest BCUT2D eigenvalue weighted by molar-refractivity contribution is 6.04. The van der Waals surface area contributed by atoms with E-state index in [0.29, 0.717) is 35.8 Å². The number of rotatable bonds is 4. The maximum atomic E-state index is 13.0. The lowest BCUT2D eigenvalue weighted by Gasteiger charge is -2.39. The molecule has 2 aromatic carbocycles. The van der Waals surface area contributed by atoms with Gasteiger partial charge >= 0.3 is 0 Å². The average molecular weight is 368 g/mol. The third kappa shape index (κ3) is 3.60. The fourth-order valence-corrected chi connectivity index (χ4v) is 3.26. The quantitative estimate of drug-likeness (QED) is 0.833. The van der Waals surface area contributed by atoms with Gasteiger partial charge in [-0.25, -0.2) is 0 Å². The van der Waals surface area contributed by atoms with Crippen LogP contribution in [0.3, 0.4) is 0 Å². The Labute approximate surface area is 159 Å². The Morgan fingerprint density at radius 2 is 1.74 bits per heavy atom. The maximum Gasteiger partial charge on any atom is 0.254 e. The molecule has 1 aliphatic rings. The van der Waals surface area contributed by atoms with Crippen LogP contribution in [0, 0.1) is 6.92 Å². The molecule has 0 radical (unpaired) electrons. The fourth-order valence-electron chi connectivity index (χ4n) is 3.26. The first kappa shape index (κ1) is 18.8. The lowest BCUT2D eigenvalue weighted by molar-refractivity contribution is -0.124. The molecule has 1 aliphatic heterocycles. The van der Waals surface area contributed by atoms with Crippen LogP contribution in [-0.4, -0.2) is 50.1 Å². The van der Waals surface area contributed by atoms with Crippen LogP contribution in [0.5, 0.6) is 11.5 Å². The van der Waals surface area contributed by atoms with Crippen molar-refractivity contribution < 1.29 is 19.1 Å². The molecule has 0 bridgehead atoms. The highest BCUT2D eigenvalue weighted by Gasteiger charge is 2.36. The molecule has 0 aliphatic carbocycles. The summed E-state index contributed by atoms with van der Waals surface area (Å²) in [7, 11) is 3.14. The monoisotopic (exact) mass is 368 g/mol. The van der Waals surface area contributed by atoms with Crippen molar-refractivity contribution in [3.63, 3.8) is 0 Å². The van der Waals surface area contributed by atoms with Crippen LogP contribution < -0.4 is 14.4 Å². The molecule has 142 valence electrons. The summed E-state index contributed by atoms with van der Waals surface area (Å²) in [5.74, 6) is 0.959. The van der Waals surface area contributed by atoms with Crippen LogP contribution in [0.1, 0.15) is 22.8 Å². The van der Waals surface area contributed by atoms with Gasteiger partial charge in [0.05, 0.1) is 19.9 Å². The number of piperazine rings is 1.